The second kappa shape index (κ2) is 14.7. The van der Waals surface area contributed by atoms with Gasteiger partial charge in [-0.25, -0.2) is 9.71 Å². The minimum Gasteiger partial charge on any atom is -0.493 e. The fourth-order valence-corrected chi connectivity index (χ4v) is 8.44. The Hall–Kier alpha value is -3.18. The average molecular weight is 696 g/mol. The van der Waals surface area contributed by atoms with Crippen molar-refractivity contribution < 1.29 is 27.8 Å². The standard InChI is InChI=1S/C37H46ClN3O6S/c1-27-10-15-31(28-16-19-36(47-26-28)17-3-4-18-36)32(25-27)46-24-5-2-8-34(42)40-48(44,45)35-9-6-7-33(39-35)41-22-20-37(43,21-23-41)29-11-13-30(38)14-12-29/h6-7,9-15,25,28,43H,2-5,8,16-24,26H2,1H3,(H,40,42). The van der Waals surface area contributed by atoms with Crippen molar-refractivity contribution in [3.63, 3.8) is 0 Å². The molecular weight excluding hydrogens is 650 g/mol. The normalized spacial score (nSPS) is 20.5. The summed E-state index contributed by atoms with van der Waals surface area (Å²) in [6.45, 7) is 4.18. The van der Waals surface area contributed by atoms with E-state index in [1.54, 1.807) is 24.3 Å². The summed E-state index contributed by atoms with van der Waals surface area (Å²) in [5, 5.41) is 11.6. The van der Waals surface area contributed by atoms with Crippen LogP contribution in [0.25, 0.3) is 0 Å². The number of rotatable bonds is 11. The van der Waals surface area contributed by atoms with Crippen LogP contribution in [0.15, 0.2) is 65.7 Å². The number of ether oxygens (including phenoxy) is 2. The number of carbonyl (C=O) groups is 1. The van der Waals surface area contributed by atoms with Crippen molar-refractivity contribution in [1.29, 1.82) is 0 Å². The van der Waals surface area contributed by atoms with Crippen molar-refractivity contribution in [2.45, 2.75) is 99.7 Å². The van der Waals surface area contributed by atoms with Crippen molar-refractivity contribution in [3.8, 4) is 5.75 Å². The molecule has 0 radical (unpaired) electrons. The minimum absolute atomic E-state index is 0.0525. The SMILES string of the molecule is Cc1ccc(C2CCC3(CCCC3)OC2)c(OCCCCC(=O)NS(=O)(=O)c2cccc(N3CCC(O)(c4ccc(Cl)cc4)CC3)n2)c1. The highest BCUT2D eigenvalue weighted by atomic mass is 35.5. The molecule has 3 aromatic rings. The number of hydrogen-bond donors (Lipinski definition) is 2. The predicted octanol–water partition coefficient (Wildman–Crippen LogP) is 6.79. The molecule has 1 aromatic heterocycles. The van der Waals surface area contributed by atoms with E-state index in [2.05, 4.69) is 27.9 Å². The van der Waals surface area contributed by atoms with Crippen molar-refractivity contribution in [3.05, 3.63) is 82.4 Å². The van der Waals surface area contributed by atoms with Crippen LogP contribution in [-0.4, -0.2) is 56.3 Å². The molecule has 1 atom stereocenters. The Morgan fingerprint density at radius 2 is 1.79 bits per heavy atom. The van der Waals surface area contributed by atoms with Crippen LogP contribution in [0.3, 0.4) is 0 Å². The summed E-state index contributed by atoms with van der Waals surface area (Å²) < 4.78 is 40.9. The summed E-state index contributed by atoms with van der Waals surface area (Å²) in [5.74, 6) is 1.08. The van der Waals surface area contributed by atoms with Crippen molar-refractivity contribution in [1.82, 2.24) is 9.71 Å². The Kier molecular flexibility index (Phi) is 10.7. The quantitative estimate of drug-likeness (QED) is 0.211. The van der Waals surface area contributed by atoms with Gasteiger partial charge in [0.25, 0.3) is 10.0 Å². The number of nitrogens with zero attached hydrogens (tertiary/aromatic N) is 2. The number of amides is 1. The van der Waals surface area contributed by atoms with Gasteiger partial charge in [0.05, 0.1) is 24.4 Å². The lowest BCUT2D eigenvalue weighted by molar-refractivity contribution is -0.119. The van der Waals surface area contributed by atoms with Crippen LogP contribution in [0, 0.1) is 6.92 Å². The maximum Gasteiger partial charge on any atom is 0.281 e. The number of piperidine rings is 1. The van der Waals surface area contributed by atoms with Crippen LogP contribution in [0.5, 0.6) is 5.75 Å². The zero-order valence-corrected chi connectivity index (χ0v) is 29.2. The molecule has 2 saturated heterocycles. The lowest BCUT2D eigenvalue weighted by Gasteiger charge is -2.39. The number of aliphatic hydroxyl groups is 1. The third-order valence-corrected chi connectivity index (χ3v) is 11.8. The molecule has 9 nitrogen and oxygen atoms in total. The van der Waals surface area contributed by atoms with Gasteiger partial charge in [0.1, 0.15) is 11.6 Å². The third-order valence-electron chi connectivity index (χ3n) is 10.2. The van der Waals surface area contributed by atoms with Crippen molar-refractivity contribution >= 4 is 33.3 Å². The Morgan fingerprint density at radius 1 is 1.04 bits per heavy atom. The second-order valence-corrected chi connectivity index (χ2v) is 15.7. The molecule has 258 valence electrons. The van der Waals surface area contributed by atoms with Gasteiger partial charge in [-0.1, -0.05) is 54.8 Å². The lowest BCUT2D eigenvalue weighted by atomic mass is 9.84. The van der Waals surface area contributed by atoms with Crippen LogP contribution < -0.4 is 14.4 Å². The molecule has 3 heterocycles. The molecule has 3 fully saturated rings. The number of pyridine rings is 1. The Labute approximate surface area is 289 Å². The first-order valence-corrected chi connectivity index (χ1v) is 19.0. The molecule has 1 saturated carbocycles. The Bertz CT molecular complexity index is 1680. The van der Waals surface area contributed by atoms with E-state index >= 15 is 0 Å². The van der Waals surface area contributed by atoms with Crippen LogP contribution in [0.4, 0.5) is 5.82 Å². The van der Waals surface area contributed by atoms with Gasteiger partial charge in [0, 0.05) is 30.5 Å². The summed E-state index contributed by atoms with van der Waals surface area (Å²) in [6, 6.07) is 18.3. The fraction of sp³-hybridized carbons (Fsp3) is 0.514. The number of halogens is 1. The number of hydrogen-bond acceptors (Lipinski definition) is 8. The first kappa shape index (κ1) is 34.7. The zero-order chi connectivity index (χ0) is 33.8. The highest BCUT2D eigenvalue weighted by molar-refractivity contribution is 7.90. The Morgan fingerprint density at radius 3 is 2.50 bits per heavy atom. The van der Waals surface area contributed by atoms with E-state index in [0.717, 1.165) is 36.3 Å². The van der Waals surface area contributed by atoms with Gasteiger partial charge in [-0.15, -0.1) is 0 Å². The topological polar surface area (TPSA) is 118 Å². The number of carbonyl (C=O) groups excluding carboxylic acids is 1. The van der Waals surface area contributed by atoms with Crippen molar-refractivity contribution in [2.75, 3.05) is 31.2 Å². The molecule has 1 aliphatic carbocycles. The summed E-state index contributed by atoms with van der Waals surface area (Å²) in [4.78, 5) is 19.0. The van der Waals surface area contributed by atoms with Crippen LogP contribution in [0.1, 0.15) is 93.2 Å². The van der Waals surface area contributed by atoms with Gasteiger partial charge in [-0.2, -0.15) is 8.42 Å². The molecule has 2 aliphatic heterocycles. The van der Waals surface area contributed by atoms with Crippen LogP contribution in [0.2, 0.25) is 5.02 Å². The number of unbranched alkanes of at least 4 members (excludes halogenated alkanes) is 1. The summed E-state index contributed by atoms with van der Waals surface area (Å²) in [6.07, 6.45) is 9.10. The molecule has 0 bridgehead atoms. The maximum absolute atomic E-state index is 13.1. The summed E-state index contributed by atoms with van der Waals surface area (Å²) in [7, 11) is -4.15. The zero-order valence-electron chi connectivity index (χ0n) is 27.6. The molecule has 1 spiro atoms. The highest BCUT2D eigenvalue weighted by Gasteiger charge is 2.39. The van der Waals surface area contributed by atoms with Gasteiger partial charge in [-0.05, 0) is 105 Å². The Balaban J connectivity index is 0.963. The van der Waals surface area contributed by atoms with Crippen LogP contribution >= 0.6 is 11.6 Å². The molecule has 6 rings (SSSR count). The summed E-state index contributed by atoms with van der Waals surface area (Å²) >= 11 is 6.01. The molecule has 2 N–H and O–H groups in total. The third kappa shape index (κ3) is 8.16. The van der Waals surface area contributed by atoms with Gasteiger partial charge in [0.15, 0.2) is 5.03 Å². The first-order valence-electron chi connectivity index (χ1n) is 17.2. The molecular formula is C37H46ClN3O6S. The number of sulfonamides is 1. The number of anilines is 1. The molecule has 1 unspecified atom stereocenters. The average Bonchev–Trinajstić information content (AvgIpc) is 3.53. The predicted molar refractivity (Wildman–Crippen MR) is 186 cm³/mol. The largest absolute Gasteiger partial charge is 0.493 e. The van der Waals surface area contributed by atoms with E-state index in [9.17, 15) is 18.3 Å². The highest BCUT2D eigenvalue weighted by Crippen LogP contribution is 2.45. The van der Waals surface area contributed by atoms with E-state index in [1.165, 1.54) is 37.3 Å². The van der Waals surface area contributed by atoms with Gasteiger partial charge >= 0.3 is 0 Å². The van der Waals surface area contributed by atoms with Crippen LogP contribution in [-0.2, 0) is 25.2 Å². The molecule has 11 heteroatoms. The number of benzene rings is 2. The van der Waals surface area contributed by atoms with E-state index < -0.39 is 21.5 Å². The van der Waals surface area contributed by atoms with Gasteiger partial charge in [0.2, 0.25) is 5.91 Å². The number of aryl methyl sites for hydroxylation is 1. The van der Waals surface area contributed by atoms with E-state index in [0.29, 0.717) is 62.1 Å². The van der Waals surface area contributed by atoms with E-state index in [-0.39, 0.29) is 17.0 Å². The summed E-state index contributed by atoms with van der Waals surface area (Å²) in [5.41, 5.74) is 2.20. The second-order valence-electron chi connectivity index (χ2n) is 13.7. The van der Waals surface area contributed by atoms with E-state index in [1.807, 2.05) is 24.0 Å². The number of nitrogens with one attached hydrogen (secondary N) is 1. The maximum atomic E-state index is 13.1. The lowest BCUT2D eigenvalue weighted by Crippen LogP contribution is -2.43. The van der Waals surface area contributed by atoms with Gasteiger partial charge in [-0.3, -0.25) is 4.79 Å². The van der Waals surface area contributed by atoms with E-state index in [4.69, 9.17) is 21.1 Å². The minimum atomic E-state index is -4.15. The van der Waals surface area contributed by atoms with Crippen molar-refractivity contribution in [2.24, 2.45) is 0 Å². The molecule has 2 aromatic carbocycles. The molecule has 1 amide bonds. The molecule has 48 heavy (non-hydrogen) atoms. The molecule has 3 aliphatic rings. The smallest absolute Gasteiger partial charge is 0.281 e. The number of aromatic nitrogens is 1. The fourth-order valence-electron chi connectivity index (χ4n) is 7.34. The van der Waals surface area contributed by atoms with Gasteiger partial charge < -0.3 is 19.5 Å². The first-order chi connectivity index (χ1) is 23.0. The monoisotopic (exact) mass is 695 g/mol.